The lowest BCUT2D eigenvalue weighted by Crippen LogP contribution is -2.50. The minimum atomic E-state index is -0.0260. The van der Waals surface area contributed by atoms with Crippen LogP contribution < -0.4 is 0 Å². The number of piperazine rings is 1. The van der Waals surface area contributed by atoms with Crippen molar-refractivity contribution >= 4 is 17.9 Å². The molecular weight excluding hydrogens is 386 g/mol. The largest absolute Gasteiger partial charge is 0.339 e. The Balaban J connectivity index is 1.31. The Morgan fingerprint density at radius 3 is 2.26 bits per heavy atom. The number of pyridine rings is 1. The second-order valence-corrected chi connectivity index (χ2v) is 7.53. The lowest BCUT2D eigenvalue weighted by molar-refractivity contribution is -0.136. The van der Waals surface area contributed by atoms with E-state index in [1.165, 1.54) is 0 Å². The highest BCUT2D eigenvalue weighted by molar-refractivity contribution is 5.92. The van der Waals surface area contributed by atoms with Crippen LogP contribution in [0.5, 0.6) is 0 Å². The molecule has 3 aromatic rings. The van der Waals surface area contributed by atoms with Crippen molar-refractivity contribution in [3.63, 3.8) is 0 Å². The first-order chi connectivity index (χ1) is 15.2. The van der Waals surface area contributed by atoms with Crippen molar-refractivity contribution in [2.45, 2.75) is 6.42 Å². The van der Waals surface area contributed by atoms with Crippen LogP contribution in [0.15, 0.2) is 85.1 Å². The first kappa shape index (κ1) is 20.5. The van der Waals surface area contributed by atoms with Gasteiger partial charge in [-0.1, -0.05) is 54.6 Å². The van der Waals surface area contributed by atoms with Crippen LogP contribution in [0.1, 0.15) is 11.3 Å². The Morgan fingerprint density at radius 1 is 0.806 bits per heavy atom. The fraction of sp³-hybridized carbons (Fsp3) is 0.192. The molecule has 4 rings (SSSR count). The van der Waals surface area contributed by atoms with Crippen LogP contribution in [0.2, 0.25) is 0 Å². The molecule has 1 aromatic heterocycles. The maximum atomic E-state index is 12.6. The molecule has 2 aromatic carbocycles. The van der Waals surface area contributed by atoms with Crippen molar-refractivity contribution < 1.29 is 9.59 Å². The molecule has 31 heavy (non-hydrogen) atoms. The summed E-state index contributed by atoms with van der Waals surface area (Å²) in [6.45, 7) is 2.19. The molecule has 1 aliphatic rings. The zero-order valence-electron chi connectivity index (χ0n) is 17.4. The standard InChI is InChI=1S/C26H25N3O2/c30-25(13-12-21-7-6-10-23(19-21)22-8-2-1-3-9-22)28-15-17-29(18-16-28)26(31)20-24-11-4-5-14-27-24/h1-14,19H,15-18,20H2. The molecule has 0 N–H and O–H groups in total. The lowest BCUT2D eigenvalue weighted by atomic mass is 10.0. The molecule has 0 spiro atoms. The summed E-state index contributed by atoms with van der Waals surface area (Å²) in [5.41, 5.74) is 4.02. The minimum Gasteiger partial charge on any atom is -0.339 e. The average molecular weight is 412 g/mol. The van der Waals surface area contributed by atoms with Crippen LogP contribution in [-0.4, -0.2) is 52.8 Å². The van der Waals surface area contributed by atoms with Crippen LogP contribution in [-0.2, 0) is 16.0 Å². The quantitative estimate of drug-likeness (QED) is 0.602. The highest BCUT2D eigenvalue weighted by atomic mass is 16.2. The number of amides is 2. The first-order valence-corrected chi connectivity index (χ1v) is 10.5. The van der Waals surface area contributed by atoms with E-state index in [-0.39, 0.29) is 11.8 Å². The van der Waals surface area contributed by atoms with Crippen LogP contribution in [0, 0.1) is 0 Å². The summed E-state index contributed by atoms with van der Waals surface area (Å²) in [6.07, 6.45) is 5.47. The smallest absolute Gasteiger partial charge is 0.246 e. The van der Waals surface area contributed by atoms with E-state index in [0.29, 0.717) is 32.6 Å². The second-order valence-electron chi connectivity index (χ2n) is 7.53. The molecule has 0 saturated carbocycles. The van der Waals surface area contributed by atoms with Gasteiger partial charge in [-0.2, -0.15) is 0 Å². The molecule has 0 unspecified atom stereocenters. The van der Waals surface area contributed by atoms with Crippen LogP contribution in [0.25, 0.3) is 17.2 Å². The fourth-order valence-corrected chi connectivity index (χ4v) is 3.67. The van der Waals surface area contributed by atoms with E-state index < -0.39 is 0 Å². The maximum absolute atomic E-state index is 12.6. The molecule has 0 bridgehead atoms. The van der Waals surface area contributed by atoms with Crippen LogP contribution in [0.3, 0.4) is 0 Å². The third-order valence-corrected chi connectivity index (χ3v) is 5.41. The molecular formula is C26H25N3O2. The van der Waals surface area contributed by atoms with Gasteiger partial charge in [-0.15, -0.1) is 0 Å². The van der Waals surface area contributed by atoms with E-state index in [1.54, 1.807) is 17.2 Å². The Labute approximate surface area is 182 Å². The third kappa shape index (κ3) is 5.45. The molecule has 1 saturated heterocycles. The highest BCUT2D eigenvalue weighted by Crippen LogP contribution is 2.20. The van der Waals surface area contributed by atoms with Crippen molar-refractivity contribution in [3.05, 3.63) is 96.3 Å². The number of rotatable bonds is 5. The summed E-state index contributed by atoms with van der Waals surface area (Å²) in [5, 5.41) is 0. The second kappa shape index (κ2) is 9.85. The predicted molar refractivity (Wildman–Crippen MR) is 122 cm³/mol. The number of nitrogens with zero attached hydrogens (tertiary/aromatic N) is 3. The molecule has 156 valence electrons. The van der Waals surface area contributed by atoms with Gasteiger partial charge in [-0.25, -0.2) is 0 Å². The van der Waals surface area contributed by atoms with E-state index in [2.05, 4.69) is 29.2 Å². The molecule has 5 nitrogen and oxygen atoms in total. The fourth-order valence-electron chi connectivity index (χ4n) is 3.67. The van der Waals surface area contributed by atoms with Crippen molar-refractivity contribution in [2.24, 2.45) is 0 Å². The van der Waals surface area contributed by atoms with E-state index in [9.17, 15) is 9.59 Å². The summed E-state index contributed by atoms with van der Waals surface area (Å²) in [4.78, 5) is 32.9. The van der Waals surface area contributed by atoms with Crippen molar-refractivity contribution in [2.75, 3.05) is 26.2 Å². The van der Waals surface area contributed by atoms with Gasteiger partial charge in [0.2, 0.25) is 11.8 Å². The van der Waals surface area contributed by atoms with E-state index >= 15 is 0 Å². The summed E-state index contributed by atoms with van der Waals surface area (Å²) >= 11 is 0. The number of carbonyl (C=O) groups is 2. The zero-order valence-corrected chi connectivity index (χ0v) is 17.4. The average Bonchev–Trinajstić information content (AvgIpc) is 2.84. The van der Waals surface area contributed by atoms with Crippen molar-refractivity contribution in [1.29, 1.82) is 0 Å². The van der Waals surface area contributed by atoms with Gasteiger partial charge >= 0.3 is 0 Å². The van der Waals surface area contributed by atoms with Gasteiger partial charge < -0.3 is 9.80 Å². The van der Waals surface area contributed by atoms with Gasteiger partial charge in [0.1, 0.15) is 0 Å². The van der Waals surface area contributed by atoms with Crippen molar-refractivity contribution in [1.82, 2.24) is 14.8 Å². The predicted octanol–water partition coefficient (Wildman–Crippen LogP) is 3.68. The monoisotopic (exact) mass is 411 g/mol. The first-order valence-electron chi connectivity index (χ1n) is 10.5. The zero-order chi connectivity index (χ0) is 21.5. The molecule has 1 fully saturated rings. The molecule has 0 radical (unpaired) electrons. The van der Waals surface area contributed by atoms with Crippen LogP contribution in [0.4, 0.5) is 0 Å². The normalized spacial score (nSPS) is 14.1. The number of benzene rings is 2. The summed E-state index contributed by atoms with van der Waals surface area (Å²) in [5.74, 6) is 0.0287. The molecule has 2 amide bonds. The van der Waals surface area contributed by atoms with Crippen molar-refractivity contribution in [3.8, 4) is 11.1 Å². The number of aromatic nitrogens is 1. The Hall–Kier alpha value is -3.73. The van der Waals surface area contributed by atoms with E-state index in [4.69, 9.17) is 0 Å². The highest BCUT2D eigenvalue weighted by Gasteiger charge is 2.23. The van der Waals surface area contributed by atoms with Gasteiger partial charge in [0.15, 0.2) is 0 Å². The number of hydrogen-bond donors (Lipinski definition) is 0. The molecule has 2 heterocycles. The SMILES string of the molecule is O=C(C=Cc1cccc(-c2ccccc2)c1)N1CCN(C(=O)Cc2ccccn2)CC1. The molecule has 5 heteroatoms. The topological polar surface area (TPSA) is 53.5 Å². The number of carbonyl (C=O) groups excluding carboxylic acids is 2. The minimum absolute atomic E-state index is 0.0260. The third-order valence-electron chi connectivity index (χ3n) is 5.41. The van der Waals surface area contributed by atoms with E-state index in [0.717, 1.165) is 22.4 Å². The van der Waals surface area contributed by atoms with E-state index in [1.807, 2.05) is 59.5 Å². The summed E-state index contributed by atoms with van der Waals surface area (Å²) < 4.78 is 0. The van der Waals surface area contributed by atoms with Gasteiger partial charge in [-0.3, -0.25) is 14.6 Å². The number of hydrogen-bond acceptors (Lipinski definition) is 3. The lowest BCUT2D eigenvalue weighted by Gasteiger charge is -2.34. The molecule has 0 aliphatic carbocycles. The Bertz CT molecular complexity index is 1060. The maximum Gasteiger partial charge on any atom is 0.246 e. The molecule has 1 aliphatic heterocycles. The Kier molecular flexibility index (Phi) is 6.53. The van der Waals surface area contributed by atoms with Gasteiger partial charge in [-0.05, 0) is 41.0 Å². The summed E-state index contributed by atoms with van der Waals surface area (Å²) in [7, 11) is 0. The van der Waals surface area contributed by atoms with Gasteiger partial charge in [0, 0.05) is 44.1 Å². The Morgan fingerprint density at radius 2 is 1.52 bits per heavy atom. The van der Waals surface area contributed by atoms with Gasteiger partial charge in [0.05, 0.1) is 6.42 Å². The van der Waals surface area contributed by atoms with Gasteiger partial charge in [0.25, 0.3) is 0 Å². The van der Waals surface area contributed by atoms with Crippen LogP contribution >= 0.6 is 0 Å². The molecule has 0 atom stereocenters. The summed E-state index contributed by atoms with van der Waals surface area (Å²) in [6, 6.07) is 23.9.